The molecule has 0 spiro atoms. The zero-order chi connectivity index (χ0) is 15.4. The molecule has 6 nitrogen and oxygen atoms in total. The molecule has 0 saturated carbocycles. The van der Waals surface area contributed by atoms with Crippen LogP contribution in [0.5, 0.6) is 11.5 Å². The van der Waals surface area contributed by atoms with Crippen LogP contribution in [0.4, 0.5) is 5.69 Å². The van der Waals surface area contributed by atoms with Crippen LogP contribution in [-0.2, 0) is 0 Å². The van der Waals surface area contributed by atoms with Crippen molar-refractivity contribution in [2.45, 2.75) is 13.3 Å². The Morgan fingerprint density at radius 1 is 1.38 bits per heavy atom. The number of hydrogen-bond donors (Lipinski definition) is 0. The number of rotatable bonds is 5. The second-order valence-corrected chi connectivity index (χ2v) is 4.90. The Balaban J connectivity index is 2.24. The molecule has 1 aromatic carbocycles. The molecule has 0 bridgehead atoms. The number of nitro groups is 1. The number of aromatic nitrogens is 1. The lowest BCUT2D eigenvalue weighted by atomic mass is 10.2. The topological polar surface area (TPSA) is 82.3 Å². The van der Waals surface area contributed by atoms with Crippen LogP contribution in [0.25, 0.3) is 0 Å². The van der Waals surface area contributed by atoms with Crippen molar-refractivity contribution in [1.29, 1.82) is 0 Å². The first-order valence-corrected chi connectivity index (χ1v) is 6.92. The Hall–Kier alpha value is -2.28. The van der Waals surface area contributed by atoms with Crippen LogP contribution in [0.2, 0.25) is 0 Å². The van der Waals surface area contributed by atoms with E-state index in [-0.39, 0.29) is 15.9 Å². The number of Topliss-reactive ketones (excluding diaryl/α,β-unsaturated/α-hetero) is 1. The summed E-state index contributed by atoms with van der Waals surface area (Å²) in [5.41, 5.74) is 0.279. The van der Waals surface area contributed by atoms with Gasteiger partial charge in [-0.1, -0.05) is 13.0 Å². The van der Waals surface area contributed by atoms with Crippen LogP contribution in [-0.4, -0.2) is 15.7 Å². The van der Waals surface area contributed by atoms with Crippen molar-refractivity contribution >= 4 is 27.4 Å². The van der Waals surface area contributed by atoms with Gasteiger partial charge in [-0.2, -0.15) is 0 Å². The highest BCUT2D eigenvalue weighted by molar-refractivity contribution is 9.10. The van der Waals surface area contributed by atoms with E-state index < -0.39 is 4.92 Å². The molecular formula is C14H11BrN2O4. The lowest BCUT2D eigenvalue weighted by molar-refractivity contribution is -0.385. The molecule has 2 aromatic rings. The fraction of sp³-hybridized carbons (Fsp3) is 0.143. The summed E-state index contributed by atoms with van der Waals surface area (Å²) in [6.07, 6.45) is 1.79. The van der Waals surface area contributed by atoms with E-state index in [0.29, 0.717) is 23.6 Å². The van der Waals surface area contributed by atoms with Gasteiger partial charge in [0.05, 0.1) is 11.1 Å². The number of ketones is 1. The molecule has 0 fully saturated rings. The van der Waals surface area contributed by atoms with Crippen LogP contribution >= 0.6 is 15.9 Å². The Morgan fingerprint density at radius 2 is 2.14 bits per heavy atom. The highest BCUT2D eigenvalue weighted by atomic mass is 79.9. The van der Waals surface area contributed by atoms with Gasteiger partial charge in [-0.3, -0.25) is 14.9 Å². The van der Waals surface area contributed by atoms with E-state index in [9.17, 15) is 14.9 Å². The van der Waals surface area contributed by atoms with Gasteiger partial charge >= 0.3 is 0 Å². The molecule has 0 unspecified atom stereocenters. The molecule has 0 aliphatic rings. The highest BCUT2D eigenvalue weighted by Crippen LogP contribution is 2.36. The second kappa shape index (κ2) is 6.45. The van der Waals surface area contributed by atoms with Crippen molar-refractivity contribution in [1.82, 2.24) is 4.98 Å². The van der Waals surface area contributed by atoms with Crippen molar-refractivity contribution in [3.8, 4) is 11.5 Å². The van der Waals surface area contributed by atoms with E-state index in [1.54, 1.807) is 25.1 Å². The minimum absolute atomic E-state index is 0.0573. The van der Waals surface area contributed by atoms with Crippen LogP contribution in [0.3, 0.4) is 0 Å². The molecule has 0 amide bonds. The van der Waals surface area contributed by atoms with Gasteiger partial charge in [-0.25, -0.2) is 4.98 Å². The van der Waals surface area contributed by atoms with Crippen LogP contribution in [0.1, 0.15) is 23.8 Å². The lowest BCUT2D eigenvalue weighted by Gasteiger charge is -2.07. The van der Waals surface area contributed by atoms with Crippen molar-refractivity contribution < 1.29 is 14.5 Å². The first kappa shape index (κ1) is 15.1. The number of hydrogen-bond acceptors (Lipinski definition) is 5. The molecule has 108 valence electrons. The normalized spacial score (nSPS) is 10.2. The fourth-order valence-corrected chi connectivity index (χ4v) is 2.12. The predicted molar refractivity (Wildman–Crippen MR) is 79.7 cm³/mol. The molecular weight excluding hydrogens is 340 g/mol. The largest absolute Gasteiger partial charge is 0.454 e. The van der Waals surface area contributed by atoms with Crippen LogP contribution in [0, 0.1) is 10.1 Å². The van der Waals surface area contributed by atoms with Crippen molar-refractivity contribution in [3.05, 3.63) is 56.8 Å². The summed E-state index contributed by atoms with van der Waals surface area (Å²) in [5, 5.41) is 10.8. The number of nitro benzene ring substituents is 1. The van der Waals surface area contributed by atoms with Gasteiger partial charge in [0.1, 0.15) is 21.7 Å². The molecule has 0 aliphatic heterocycles. The van der Waals surface area contributed by atoms with Gasteiger partial charge in [0.2, 0.25) is 0 Å². The van der Waals surface area contributed by atoms with Gasteiger partial charge in [-0.05, 0) is 34.1 Å². The summed E-state index contributed by atoms with van der Waals surface area (Å²) < 4.78 is 5.80. The first-order valence-electron chi connectivity index (χ1n) is 6.13. The van der Waals surface area contributed by atoms with Crippen molar-refractivity contribution in [2.24, 2.45) is 0 Å². The first-order chi connectivity index (χ1) is 10.0. The molecule has 0 N–H and O–H groups in total. The van der Waals surface area contributed by atoms with Gasteiger partial charge in [0.25, 0.3) is 5.69 Å². The van der Waals surface area contributed by atoms with E-state index in [0.717, 1.165) is 0 Å². The molecule has 0 saturated heterocycles. The van der Waals surface area contributed by atoms with E-state index in [2.05, 4.69) is 20.9 Å². The van der Waals surface area contributed by atoms with E-state index in [1.807, 2.05) is 0 Å². The monoisotopic (exact) mass is 350 g/mol. The summed E-state index contributed by atoms with van der Waals surface area (Å²) in [6.45, 7) is 1.76. The number of carbonyl (C=O) groups excluding carboxylic acids is 1. The van der Waals surface area contributed by atoms with Crippen LogP contribution < -0.4 is 4.74 Å². The summed E-state index contributed by atoms with van der Waals surface area (Å²) in [6, 6.07) is 7.66. The molecule has 0 atom stereocenters. The van der Waals surface area contributed by atoms with Gasteiger partial charge < -0.3 is 4.74 Å². The third-order valence-electron chi connectivity index (χ3n) is 2.71. The highest BCUT2D eigenvalue weighted by Gasteiger charge is 2.16. The Bertz CT molecular complexity index is 686. The Morgan fingerprint density at radius 3 is 2.71 bits per heavy atom. The quantitative estimate of drug-likeness (QED) is 0.459. The maximum absolute atomic E-state index is 11.5. The number of pyridine rings is 1. The van der Waals surface area contributed by atoms with Crippen molar-refractivity contribution in [2.75, 3.05) is 0 Å². The third-order valence-corrected chi connectivity index (χ3v) is 3.51. The maximum Gasteiger partial charge on any atom is 0.287 e. The summed E-state index contributed by atoms with van der Waals surface area (Å²) >= 11 is 3.15. The SMILES string of the molecule is CCC(=O)c1ccc(Oc2cccc([N+](=O)[O-])c2Br)cn1. The zero-order valence-electron chi connectivity index (χ0n) is 11.1. The smallest absolute Gasteiger partial charge is 0.287 e. The number of carbonyl (C=O) groups is 1. The minimum Gasteiger partial charge on any atom is -0.454 e. The van der Waals surface area contributed by atoms with E-state index in [4.69, 9.17) is 4.74 Å². The predicted octanol–water partition coefficient (Wildman–Crippen LogP) is 4.14. The lowest BCUT2D eigenvalue weighted by Crippen LogP contribution is -1.99. The molecule has 1 aromatic heterocycles. The molecule has 0 radical (unpaired) electrons. The van der Waals surface area contributed by atoms with E-state index >= 15 is 0 Å². The number of benzene rings is 1. The minimum atomic E-state index is -0.502. The van der Waals surface area contributed by atoms with Gasteiger partial charge in [0, 0.05) is 12.5 Å². The molecule has 0 aliphatic carbocycles. The third kappa shape index (κ3) is 3.43. The standard InChI is InChI=1S/C14H11BrN2O4/c1-2-12(18)10-7-6-9(8-16-10)21-13-5-3-4-11(14(13)15)17(19)20/h3-8H,2H2,1H3. The van der Waals surface area contributed by atoms with Gasteiger partial charge in [-0.15, -0.1) is 0 Å². The molecule has 1 heterocycles. The molecule has 7 heteroatoms. The van der Waals surface area contributed by atoms with E-state index in [1.165, 1.54) is 18.3 Å². The van der Waals surface area contributed by atoms with Crippen molar-refractivity contribution in [3.63, 3.8) is 0 Å². The molecule has 2 rings (SSSR count). The molecule has 21 heavy (non-hydrogen) atoms. The Labute approximate surface area is 129 Å². The maximum atomic E-state index is 11.5. The zero-order valence-corrected chi connectivity index (χ0v) is 12.7. The van der Waals surface area contributed by atoms with Crippen LogP contribution in [0.15, 0.2) is 41.0 Å². The summed E-state index contributed by atoms with van der Waals surface area (Å²) in [7, 11) is 0. The average Bonchev–Trinajstić information content (AvgIpc) is 2.49. The summed E-state index contributed by atoms with van der Waals surface area (Å²) in [4.78, 5) is 25.8. The van der Waals surface area contributed by atoms with Gasteiger partial charge in [0.15, 0.2) is 5.78 Å². The number of nitrogens with zero attached hydrogens (tertiary/aromatic N) is 2. The summed E-state index contributed by atoms with van der Waals surface area (Å²) in [5.74, 6) is 0.641. The number of ether oxygens (including phenoxy) is 1. The number of halogens is 1. The average molecular weight is 351 g/mol. The second-order valence-electron chi connectivity index (χ2n) is 4.10. The fourth-order valence-electron chi connectivity index (χ4n) is 1.63. The Kier molecular flexibility index (Phi) is 4.64.